The van der Waals surface area contributed by atoms with Crippen molar-refractivity contribution in [2.45, 2.75) is 19.4 Å². The van der Waals surface area contributed by atoms with Crippen molar-refractivity contribution < 1.29 is 32.8 Å². The summed E-state index contributed by atoms with van der Waals surface area (Å²) in [6.07, 6.45) is 1.57. The van der Waals surface area contributed by atoms with Gasteiger partial charge in [0.05, 0.1) is 11.8 Å². The van der Waals surface area contributed by atoms with E-state index < -0.39 is 23.4 Å². The van der Waals surface area contributed by atoms with Gasteiger partial charge in [0, 0.05) is 29.7 Å². The molecule has 2 amide bonds. The third kappa shape index (κ3) is 3.49. The third-order valence-electron chi connectivity index (χ3n) is 5.04. The number of fused-ring (bicyclic) bond motifs is 2. The Hall–Kier alpha value is -4.40. The van der Waals surface area contributed by atoms with E-state index in [-0.39, 0.29) is 30.6 Å². The maximum absolute atomic E-state index is 12.2. The Balaban J connectivity index is 1.35. The van der Waals surface area contributed by atoms with E-state index in [0.29, 0.717) is 27.3 Å². The van der Waals surface area contributed by atoms with Crippen molar-refractivity contribution in [1.82, 2.24) is 5.06 Å². The van der Waals surface area contributed by atoms with Crippen molar-refractivity contribution in [2.24, 2.45) is 0 Å². The number of furan rings is 1. The molecule has 3 heterocycles. The van der Waals surface area contributed by atoms with Gasteiger partial charge in [0.25, 0.3) is 11.8 Å². The summed E-state index contributed by atoms with van der Waals surface area (Å²) in [4.78, 5) is 52.0. The standard InChI is InChI=1S/C23H15NO8/c25-17-6-7-18(26)24(17)32-23(28)14-3-1-13(2-4-14)12-30-22-20-16(9-10-29-20)11-15-5-8-19(27)31-21(15)22/h1-5,8-11H,6-7,12H2. The Bertz CT molecular complexity index is 1410. The molecule has 1 saturated heterocycles. The zero-order valence-corrected chi connectivity index (χ0v) is 16.5. The van der Waals surface area contributed by atoms with E-state index in [4.69, 9.17) is 18.4 Å². The van der Waals surface area contributed by atoms with E-state index in [1.54, 1.807) is 24.3 Å². The van der Waals surface area contributed by atoms with E-state index >= 15 is 0 Å². The number of rotatable bonds is 5. The molecule has 1 aliphatic rings. The van der Waals surface area contributed by atoms with Crippen LogP contribution in [0, 0.1) is 0 Å². The fraction of sp³-hybridized carbons (Fsp3) is 0.130. The molecule has 1 fully saturated rings. The van der Waals surface area contributed by atoms with Gasteiger partial charge in [-0.15, -0.1) is 5.06 Å². The number of amides is 2. The number of hydroxylamine groups is 2. The van der Waals surface area contributed by atoms with E-state index in [1.807, 2.05) is 6.07 Å². The minimum Gasteiger partial charge on any atom is -0.481 e. The molecule has 5 rings (SSSR count). The number of carbonyl (C=O) groups is 3. The van der Waals surface area contributed by atoms with Crippen molar-refractivity contribution >= 4 is 39.7 Å². The second kappa shape index (κ2) is 7.69. The smallest absolute Gasteiger partial charge is 0.363 e. The summed E-state index contributed by atoms with van der Waals surface area (Å²) >= 11 is 0. The topological polar surface area (TPSA) is 116 Å². The number of imide groups is 1. The normalized spacial score (nSPS) is 13.8. The van der Waals surface area contributed by atoms with Crippen molar-refractivity contribution in [1.29, 1.82) is 0 Å². The van der Waals surface area contributed by atoms with Gasteiger partial charge in [-0.05, 0) is 35.9 Å². The molecular weight excluding hydrogens is 418 g/mol. The molecule has 0 spiro atoms. The Labute approximate surface area is 179 Å². The lowest BCUT2D eigenvalue weighted by atomic mass is 10.1. The zero-order valence-electron chi connectivity index (χ0n) is 16.5. The van der Waals surface area contributed by atoms with E-state index in [2.05, 4.69) is 0 Å². The molecule has 0 saturated carbocycles. The quantitative estimate of drug-likeness (QED) is 0.348. The maximum Gasteiger partial charge on any atom is 0.363 e. The highest BCUT2D eigenvalue weighted by Crippen LogP contribution is 2.35. The zero-order chi connectivity index (χ0) is 22.2. The van der Waals surface area contributed by atoms with Gasteiger partial charge in [0.15, 0.2) is 11.2 Å². The molecule has 32 heavy (non-hydrogen) atoms. The van der Waals surface area contributed by atoms with Crippen molar-refractivity contribution in [2.75, 3.05) is 0 Å². The van der Waals surface area contributed by atoms with Crippen LogP contribution in [0.25, 0.3) is 21.9 Å². The lowest BCUT2D eigenvalue weighted by molar-refractivity contribution is -0.172. The molecule has 9 heteroatoms. The lowest BCUT2D eigenvalue weighted by Gasteiger charge is -2.13. The van der Waals surface area contributed by atoms with Crippen LogP contribution in [0.15, 0.2) is 68.4 Å². The summed E-state index contributed by atoms with van der Waals surface area (Å²) < 4.78 is 16.8. The van der Waals surface area contributed by atoms with Gasteiger partial charge in [0.1, 0.15) is 6.61 Å². The SMILES string of the molecule is O=C(ON1C(=O)CCC1=O)c1ccc(COc2c3occc3cc3ccc(=O)oc23)cc1. The number of hydrogen-bond donors (Lipinski definition) is 0. The molecule has 0 bridgehead atoms. The fourth-order valence-corrected chi connectivity index (χ4v) is 3.42. The van der Waals surface area contributed by atoms with E-state index in [9.17, 15) is 19.2 Å². The van der Waals surface area contributed by atoms with Crippen LogP contribution in [-0.4, -0.2) is 22.8 Å². The van der Waals surface area contributed by atoms with Crippen LogP contribution in [0.5, 0.6) is 5.75 Å². The molecule has 4 aromatic rings. The molecule has 0 unspecified atom stereocenters. The average Bonchev–Trinajstić information content (AvgIpc) is 3.39. The molecule has 0 N–H and O–H groups in total. The van der Waals surface area contributed by atoms with Gasteiger partial charge in [0.2, 0.25) is 5.75 Å². The number of carbonyl (C=O) groups excluding carboxylic acids is 3. The van der Waals surface area contributed by atoms with Gasteiger partial charge >= 0.3 is 11.6 Å². The summed E-state index contributed by atoms with van der Waals surface area (Å²) in [6.45, 7) is 0.103. The van der Waals surface area contributed by atoms with E-state index in [1.165, 1.54) is 24.5 Å². The molecule has 2 aromatic heterocycles. The average molecular weight is 433 g/mol. The van der Waals surface area contributed by atoms with Gasteiger partial charge in [-0.3, -0.25) is 9.59 Å². The summed E-state index contributed by atoms with van der Waals surface area (Å²) in [7, 11) is 0. The second-order valence-corrected chi connectivity index (χ2v) is 7.16. The largest absolute Gasteiger partial charge is 0.481 e. The van der Waals surface area contributed by atoms with Crippen LogP contribution in [-0.2, 0) is 21.0 Å². The highest BCUT2D eigenvalue weighted by molar-refractivity contribution is 6.03. The van der Waals surface area contributed by atoms with Crippen LogP contribution >= 0.6 is 0 Å². The van der Waals surface area contributed by atoms with Gasteiger partial charge < -0.3 is 18.4 Å². The Morgan fingerprint density at radius 3 is 2.38 bits per heavy atom. The predicted molar refractivity (Wildman–Crippen MR) is 110 cm³/mol. The highest BCUT2D eigenvalue weighted by Gasteiger charge is 2.33. The Kier molecular flexibility index (Phi) is 4.70. The third-order valence-corrected chi connectivity index (χ3v) is 5.04. The van der Waals surface area contributed by atoms with Crippen LogP contribution in [0.3, 0.4) is 0 Å². The molecule has 9 nitrogen and oxygen atoms in total. The number of ether oxygens (including phenoxy) is 1. The first-order valence-corrected chi connectivity index (χ1v) is 9.73. The number of hydrogen-bond acceptors (Lipinski definition) is 8. The number of benzene rings is 2. The molecule has 0 radical (unpaired) electrons. The highest BCUT2D eigenvalue weighted by atomic mass is 16.7. The van der Waals surface area contributed by atoms with Crippen LogP contribution in [0.2, 0.25) is 0 Å². The molecule has 0 aliphatic carbocycles. The summed E-state index contributed by atoms with van der Waals surface area (Å²) in [5.74, 6) is -1.59. The second-order valence-electron chi connectivity index (χ2n) is 7.16. The fourth-order valence-electron chi connectivity index (χ4n) is 3.42. The van der Waals surface area contributed by atoms with E-state index in [0.717, 1.165) is 5.39 Å². The van der Waals surface area contributed by atoms with Crippen LogP contribution < -0.4 is 10.4 Å². The Morgan fingerprint density at radius 1 is 0.906 bits per heavy atom. The first-order chi connectivity index (χ1) is 15.5. The molecular formula is C23H15NO8. The van der Waals surface area contributed by atoms with Crippen LogP contribution in [0.1, 0.15) is 28.8 Å². The summed E-state index contributed by atoms with van der Waals surface area (Å²) in [6, 6.07) is 12.9. The van der Waals surface area contributed by atoms with Gasteiger partial charge in [-0.1, -0.05) is 12.1 Å². The minimum atomic E-state index is -0.811. The van der Waals surface area contributed by atoms with Gasteiger partial charge in [-0.2, -0.15) is 0 Å². The lowest BCUT2D eigenvalue weighted by Crippen LogP contribution is -2.32. The van der Waals surface area contributed by atoms with Crippen molar-refractivity contribution in [3.8, 4) is 5.75 Å². The van der Waals surface area contributed by atoms with Crippen molar-refractivity contribution in [3.63, 3.8) is 0 Å². The molecule has 160 valence electrons. The maximum atomic E-state index is 12.2. The monoisotopic (exact) mass is 433 g/mol. The summed E-state index contributed by atoms with van der Waals surface area (Å²) in [5, 5.41) is 1.99. The molecule has 2 aromatic carbocycles. The van der Waals surface area contributed by atoms with Crippen molar-refractivity contribution in [3.05, 3.63) is 76.3 Å². The summed E-state index contributed by atoms with van der Waals surface area (Å²) in [5.41, 5.74) is 1.11. The minimum absolute atomic E-state index is 0.0274. The molecule has 1 aliphatic heterocycles. The first kappa shape index (κ1) is 19.6. The van der Waals surface area contributed by atoms with Crippen LogP contribution in [0.4, 0.5) is 0 Å². The predicted octanol–water partition coefficient (Wildman–Crippen LogP) is 3.34. The first-order valence-electron chi connectivity index (χ1n) is 9.73. The Morgan fingerprint density at radius 2 is 1.62 bits per heavy atom. The molecule has 0 atom stereocenters. The van der Waals surface area contributed by atoms with Gasteiger partial charge in [-0.25, -0.2) is 9.59 Å². The number of nitrogens with zero attached hydrogens (tertiary/aromatic N) is 1.